The van der Waals surface area contributed by atoms with E-state index < -0.39 is 0 Å². The lowest BCUT2D eigenvalue weighted by molar-refractivity contribution is -0.422. The van der Waals surface area contributed by atoms with Crippen LogP contribution >= 0.6 is 0 Å². The molecule has 7 bridgehead atoms. The minimum Gasteiger partial charge on any atom is -0.388 e. The Morgan fingerprint density at radius 1 is 1.12 bits per heavy atom. The van der Waals surface area contributed by atoms with Gasteiger partial charge in [0.05, 0.1) is 18.8 Å². The Morgan fingerprint density at radius 3 is 2.88 bits per heavy atom. The Kier molecular flexibility index (Phi) is 2.64. The van der Waals surface area contributed by atoms with Gasteiger partial charge in [0.15, 0.2) is 0 Å². The number of ether oxygens (including phenoxy) is 2. The molecule has 4 unspecified atom stereocenters. The SMILES string of the molecule is C=C1[C@H]2CCC3(C(C2)[C@@]24CCC[C@@]5(C)C6OCCN6[C@@H]2O[C@@H]3CC54)[C@H]1O. The summed E-state index contributed by atoms with van der Waals surface area (Å²) in [6.45, 7) is 8.71. The summed E-state index contributed by atoms with van der Waals surface area (Å²) in [5.41, 5.74) is 1.55. The van der Waals surface area contributed by atoms with Crippen molar-refractivity contribution in [1.29, 1.82) is 0 Å². The first-order valence-corrected chi connectivity index (χ1v) is 10.9. The number of nitrogens with zero attached hydrogens (tertiary/aromatic N) is 1. The van der Waals surface area contributed by atoms with E-state index in [1.807, 2.05) is 0 Å². The molecule has 4 nitrogen and oxygen atoms in total. The van der Waals surface area contributed by atoms with Crippen molar-refractivity contribution >= 4 is 0 Å². The molecule has 1 N–H and O–H groups in total. The smallest absolute Gasteiger partial charge is 0.119 e. The molecule has 142 valence electrons. The first-order valence-electron chi connectivity index (χ1n) is 10.9. The van der Waals surface area contributed by atoms with Gasteiger partial charge in [-0.3, -0.25) is 0 Å². The molecule has 4 heterocycles. The summed E-state index contributed by atoms with van der Waals surface area (Å²) >= 11 is 0. The molecule has 9 rings (SSSR count). The molecule has 4 saturated heterocycles. The van der Waals surface area contributed by atoms with Gasteiger partial charge in [-0.25, -0.2) is 4.90 Å². The largest absolute Gasteiger partial charge is 0.388 e. The van der Waals surface area contributed by atoms with Gasteiger partial charge in [-0.05, 0) is 61.9 Å². The highest BCUT2D eigenvalue weighted by Crippen LogP contribution is 2.79. The molecule has 0 aromatic heterocycles. The molecular formula is C22H31NO3. The van der Waals surface area contributed by atoms with Crippen molar-refractivity contribution < 1.29 is 14.6 Å². The molecule has 5 saturated carbocycles. The van der Waals surface area contributed by atoms with Crippen LogP contribution < -0.4 is 0 Å². The summed E-state index contributed by atoms with van der Waals surface area (Å²) < 4.78 is 13.2. The van der Waals surface area contributed by atoms with Gasteiger partial charge >= 0.3 is 0 Å². The maximum atomic E-state index is 11.4. The second-order valence-corrected chi connectivity index (χ2v) is 10.8. The van der Waals surface area contributed by atoms with E-state index in [1.165, 1.54) is 32.1 Å². The summed E-state index contributed by atoms with van der Waals surface area (Å²) in [5, 5.41) is 11.4. The van der Waals surface area contributed by atoms with E-state index in [0.29, 0.717) is 17.8 Å². The first-order chi connectivity index (χ1) is 12.5. The van der Waals surface area contributed by atoms with Crippen LogP contribution in [-0.2, 0) is 9.47 Å². The third-order valence-corrected chi connectivity index (χ3v) is 10.5. The van der Waals surface area contributed by atoms with Crippen molar-refractivity contribution in [2.45, 2.75) is 76.5 Å². The summed E-state index contributed by atoms with van der Waals surface area (Å²) in [7, 11) is 0. The molecular weight excluding hydrogens is 326 g/mol. The lowest BCUT2D eigenvalue weighted by Crippen LogP contribution is -2.83. The molecule has 4 heteroatoms. The fraction of sp³-hybridized carbons (Fsp3) is 0.909. The van der Waals surface area contributed by atoms with Gasteiger partial charge < -0.3 is 14.6 Å². The van der Waals surface area contributed by atoms with Crippen LogP contribution in [0.25, 0.3) is 0 Å². The van der Waals surface area contributed by atoms with Gasteiger partial charge in [-0.1, -0.05) is 19.9 Å². The molecule has 0 aromatic rings. The molecule has 26 heavy (non-hydrogen) atoms. The fourth-order valence-electron chi connectivity index (χ4n) is 9.72. The molecule has 10 atom stereocenters. The van der Waals surface area contributed by atoms with E-state index >= 15 is 0 Å². The van der Waals surface area contributed by atoms with Crippen molar-refractivity contribution in [3.63, 3.8) is 0 Å². The number of hydrogen-bond donors (Lipinski definition) is 1. The Hall–Kier alpha value is -0.420. The third-order valence-electron chi connectivity index (χ3n) is 10.5. The highest BCUT2D eigenvalue weighted by molar-refractivity contribution is 5.32. The number of piperidine rings is 1. The predicted molar refractivity (Wildman–Crippen MR) is 96.0 cm³/mol. The van der Waals surface area contributed by atoms with E-state index in [4.69, 9.17) is 9.47 Å². The van der Waals surface area contributed by atoms with Crippen molar-refractivity contribution in [3.8, 4) is 0 Å². The van der Waals surface area contributed by atoms with Gasteiger partial charge in [0.1, 0.15) is 12.5 Å². The summed E-state index contributed by atoms with van der Waals surface area (Å²) in [6, 6.07) is 0. The zero-order valence-corrected chi connectivity index (χ0v) is 15.8. The lowest BCUT2D eigenvalue weighted by atomic mass is 9.32. The minimum atomic E-state index is -0.345. The van der Waals surface area contributed by atoms with Crippen molar-refractivity contribution in [2.24, 2.45) is 34.0 Å². The Bertz CT molecular complexity index is 710. The zero-order chi connectivity index (χ0) is 17.5. The fourth-order valence-corrected chi connectivity index (χ4v) is 9.72. The maximum absolute atomic E-state index is 11.4. The molecule has 2 spiro atoms. The Labute approximate surface area is 155 Å². The van der Waals surface area contributed by atoms with Crippen molar-refractivity contribution in [1.82, 2.24) is 4.90 Å². The summed E-state index contributed by atoms with van der Waals surface area (Å²) in [5.74, 6) is 1.84. The molecule has 4 aliphatic heterocycles. The molecule has 9 fully saturated rings. The number of aliphatic hydroxyl groups excluding tert-OH is 1. The number of hydrogen-bond acceptors (Lipinski definition) is 4. The lowest BCUT2D eigenvalue weighted by Gasteiger charge is -2.80. The van der Waals surface area contributed by atoms with E-state index in [0.717, 1.165) is 31.6 Å². The summed E-state index contributed by atoms with van der Waals surface area (Å²) in [4.78, 5) is 2.60. The van der Waals surface area contributed by atoms with Gasteiger partial charge in [0, 0.05) is 22.8 Å². The molecule has 0 radical (unpaired) electrons. The van der Waals surface area contributed by atoms with Crippen LogP contribution in [0.5, 0.6) is 0 Å². The minimum absolute atomic E-state index is 0.0511. The van der Waals surface area contributed by atoms with Crippen LogP contribution in [0.3, 0.4) is 0 Å². The monoisotopic (exact) mass is 357 g/mol. The average molecular weight is 357 g/mol. The van der Waals surface area contributed by atoms with Crippen LogP contribution in [0.4, 0.5) is 0 Å². The number of aliphatic hydroxyl groups is 1. The standard InChI is InChI=1S/C22H31NO3/c1-12-13-4-7-22(17(12)24)15(10-13)21-6-3-5-20(2)14(21)11-16(22)26-19(21)23-8-9-25-18(20)23/h13-19,24H,1,3-11H2,2H3/t13-,14?,15?,16+,17-,18?,19+,20+,21-,22?/m0/s1. The predicted octanol–water partition coefficient (Wildman–Crippen LogP) is 2.91. The average Bonchev–Trinajstić information content (AvgIpc) is 3.14. The van der Waals surface area contributed by atoms with Gasteiger partial charge in [0.25, 0.3) is 0 Å². The highest BCUT2D eigenvalue weighted by atomic mass is 16.6. The normalized spacial score (nSPS) is 65.2. The molecule has 0 amide bonds. The molecule has 9 aliphatic rings. The maximum Gasteiger partial charge on any atom is 0.119 e. The van der Waals surface area contributed by atoms with E-state index in [2.05, 4.69) is 18.4 Å². The van der Waals surface area contributed by atoms with E-state index in [9.17, 15) is 5.11 Å². The van der Waals surface area contributed by atoms with Crippen LogP contribution in [0.15, 0.2) is 12.2 Å². The molecule has 0 aromatic carbocycles. The second kappa shape index (κ2) is 4.42. The van der Waals surface area contributed by atoms with Crippen LogP contribution in [0.2, 0.25) is 0 Å². The number of rotatable bonds is 0. The van der Waals surface area contributed by atoms with E-state index in [1.54, 1.807) is 0 Å². The number of fused-ring (bicyclic) bond motifs is 4. The van der Waals surface area contributed by atoms with Crippen LogP contribution in [0, 0.1) is 34.0 Å². The Balaban J connectivity index is 1.45. The van der Waals surface area contributed by atoms with Crippen molar-refractivity contribution in [3.05, 3.63) is 12.2 Å². The van der Waals surface area contributed by atoms with Crippen LogP contribution in [-0.4, -0.2) is 47.8 Å². The Morgan fingerprint density at radius 2 is 2.00 bits per heavy atom. The van der Waals surface area contributed by atoms with Crippen LogP contribution in [0.1, 0.15) is 51.9 Å². The van der Waals surface area contributed by atoms with Gasteiger partial charge in [0.2, 0.25) is 0 Å². The quantitative estimate of drug-likeness (QED) is 0.677. The van der Waals surface area contributed by atoms with Crippen molar-refractivity contribution in [2.75, 3.05) is 13.2 Å². The third kappa shape index (κ3) is 1.32. The highest BCUT2D eigenvalue weighted by Gasteiger charge is 2.80. The van der Waals surface area contributed by atoms with Gasteiger partial charge in [-0.2, -0.15) is 0 Å². The zero-order valence-electron chi connectivity index (χ0n) is 15.8. The first kappa shape index (κ1) is 15.5. The topological polar surface area (TPSA) is 41.9 Å². The van der Waals surface area contributed by atoms with E-state index in [-0.39, 0.29) is 40.9 Å². The van der Waals surface area contributed by atoms with Gasteiger partial charge in [-0.15, -0.1) is 0 Å². The second-order valence-electron chi connectivity index (χ2n) is 10.8. The molecule has 5 aliphatic carbocycles. The summed E-state index contributed by atoms with van der Waals surface area (Å²) in [6.07, 6.45) is 8.94.